The topological polar surface area (TPSA) is 233 Å². The van der Waals surface area contributed by atoms with Crippen LogP contribution in [0, 0.1) is 19.7 Å². The molecule has 99 heavy (non-hydrogen) atoms. The molecule has 1 saturated heterocycles. The van der Waals surface area contributed by atoms with Crippen LogP contribution in [0.2, 0.25) is 5.02 Å². The number of aromatic amines is 5. The molecule has 0 spiro atoms. The average Bonchev–Trinajstić information content (AvgIpc) is 1.69. The largest absolute Gasteiger partial charge is 0.361 e. The summed E-state index contributed by atoms with van der Waals surface area (Å²) in [5.74, 6) is 18.6. The number of rotatable bonds is 10. The number of para-hydroxylation sites is 3. The standard InChI is InChI=1S/C16H22N2OS.C16H20N2OS.C15H17ClN2OS.C14H16FN3OS.C14H17N3OS/c2*1-12-16(14-6-4-5-7-15(14)17-12)13-8-10-18(11-9-13)20(2,3)19;1-20(2,19)18-7-5-11(6-8-18)14-10-17-15-4-3-12(16)9-13(14)15;1-20(16,19)18-6-4-10(5-7-18)13-9-17-14-8-11(15)2-3-12(13)14;1-19(15,18)17-8-6-11(7-9-17)13-10-16-14-5-3-2-4-12(13)14/h4-7,13,17H,2,8-11H2,1,3H3;4-8,17H,2,9-11H2,1,3H3;3-5,9-10,17H,1,6-8H2,2H3;2-4,8-9,17H,1,5-7H2,(H2,16,19);2-6,10,16H,1,7-9H2,(H2,15,18). The van der Waals surface area contributed by atoms with Crippen LogP contribution < -0.4 is 10.3 Å². The Morgan fingerprint density at radius 2 is 0.848 bits per heavy atom. The van der Waals surface area contributed by atoms with Crippen molar-refractivity contribution in [3.05, 3.63) is 202 Å². The highest BCUT2D eigenvalue weighted by molar-refractivity contribution is 7.98. The molecular weight excluding hydrogens is 1360 g/mol. The maximum Gasteiger partial charge on any atom is 0.125 e. The summed E-state index contributed by atoms with van der Waals surface area (Å²) in [7, 11) is -11.5. The first-order chi connectivity index (χ1) is 46.9. The van der Waals surface area contributed by atoms with Crippen molar-refractivity contribution >= 4 is 167 Å². The van der Waals surface area contributed by atoms with Crippen LogP contribution in [0.1, 0.15) is 83.6 Å². The Morgan fingerprint density at radius 1 is 0.444 bits per heavy atom. The van der Waals surface area contributed by atoms with E-state index in [-0.39, 0.29) is 5.82 Å². The highest BCUT2D eigenvalue weighted by Gasteiger charge is 2.28. The molecule has 0 radical (unpaired) electrons. The fraction of sp³-hybridized carbons (Fsp3) is 0.293. The summed E-state index contributed by atoms with van der Waals surface area (Å²) >= 11 is 6.08. The van der Waals surface area contributed by atoms with Gasteiger partial charge in [0, 0.05) is 225 Å². The van der Waals surface area contributed by atoms with Crippen molar-refractivity contribution < 1.29 is 25.4 Å². The van der Waals surface area contributed by atoms with Crippen LogP contribution in [0.5, 0.6) is 0 Å². The number of hydrogen-bond acceptors (Lipinski definition) is 5. The number of hydrogen-bond donors (Lipinski definition) is 7. The van der Waals surface area contributed by atoms with Gasteiger partial charge in [0.05, 0.1) is 19.8 Å². The van der Waals surface area contributed by atoms with Crippen molar-refractivity contribution in [2.75, 3.05) is 84.2 Å². The van der Waals surface area contributed by atoms with Gasteiger partial charge in [0.1, 0.15) is 5.82 Å². The van der Waals surface area contributed by atoms with Crippen LogP contribution in [-0.2, 0) is 48.9 Å². The van der Waals surface area contributed by atoms with Crippen molar-refractivity contribution in [2.45, 2.75) is 58.3 Å². The van der Waals surface area contributed by atoms with Crippen LogP contribution in [0.3, 0.4) is 0 Å². The summed E-state index contributed by atoms with van der Waals surface area (Å²) < 4.78 is 81.9. The van der Waals surface area contributed by atoms with E-state index in [1.165, 1.54) is 89.7 Å². The third kappa shape index (κ3) is 17.4. The van der Waals surface area contributed by atoms with Gasteiger partial charge >= 0.3 is 0 Å². The SMILES string of the molecule is C=S(C)(=O)N1CC=C(c2c(C)[nH]c3ccccc23)CC1.C=S(C)(=O)N1CC=C(c2c[nH]c3ccc(Cl)cc23)CC1.C=S(C)(=O)N1CCC(c2c(C)[nH]c3ccccc23)CC1.C=S(N)(=O)N1CC=C(c2c[nH]c3cc(F)ccc23)CC1.C=S(N)(=O)N1CC=C(c2c[nH]c3ccccc23)CC1. The normalized spacial score (nSPS) is 20.1. The molecule has 0 saturated carbocycles. The first-order valence-corrected chi connectivity index (χ1v) is 43.1. The van der Waals surface area contributed by atoms with Gasteiger partial charge in [0.25, 0.3) is 0 Å². The van der Waals surface area contributed by atoms with Gasteiger partial charge in [-0.1, -0.05) is 90.5 Å². The van der Waals surface area contributed by atoms with Gasteiger partial charge in [0.15, 0.2) is 0 Å². The minimum atomic E-state index is -2.63. The number of aryl methyl sites for hydroxylation is 2. The fourth-order valence-corrected chi connectivity index (χ4v) is 18.3. The Morgan fingerprint density at radius 3 is 1.33 bits per heavy atom. The maximum atomic E-state index is 13.2. The van der Waals surface area contributed by atoms with Gasteiger partial charge in [-0.2, -0.15) is 0 Å². The molecule has 0 bridgehead atoms. The van der Waals surface area contributed by atoms with Crippen molar-refractivity contribution in [1.29, 1.82) is 0 Å². The Kier molecular flexibility index (Phi) is 22.3. The molecule has 5 atom stereocenters. The van der Waals surface area contributed by atoms with E-state index in [0.29, 0.717) is 45.2 Å². The number of H-pyrrole nitrogens is 5. The molecule has 15 rings (SSSR count). The molecule has 10 aromatic rings. The predicted molar refractivity (Wildman–Crippen MR) is 429 cm³/mol. The number of aromatic nitrogens is 5. The molecule has 0 amide bonds. The zero-order chi connectivity index (χ0) is 70.8. The van der Waals surface area contributed by atoms with Crippen molar-refractivity contribution in [1.82, 2.24) is 46.4 Å². The average molecular weight is 1460 g/mol. The van der Waals surface area contributed by atoms with Crippen molar-refractivity contribution in [2.24, 2.45) is 10.3 Å². The molecule has 24 heteroatoms. The summed E-state index contributed by atoms with van der Waals surface area (Å²) in [6, 6.07) is 35.7. The predicted octanol–water partition coefficient (Wildman–Crippen LogP) is 12.6. The molecule has 10 heterocycles. The second kappa shape index (κ2) is 30.2. The van der Waals surface area contributed by atoms with Gasteiger partial charge in [0.2, 0.25) is 0 Å². The first-order valence-electron chi connectivity index (χ1n) is 32.9. The molecule has 5 aromatic carbocycles. The van der Waals surface area contributed by atoms with Crippen LogP contribution in [0.4, 0.5) is 4.39 Å². The third-order valence-corrected chi connectivity index (χ3v) is 26.1. The number of fused-ring (bicyclic) bond motifs is 5. The van der Waals surface area contributed by atoms with Gasteiger partial charge in [-0.3, -0.25) is 12.6 Å². The first kappa shape index (κ1) is 73.0. The van der Waals surface area contributed by atoms with Crippen molar-refractivity contribution in [3.63, 3.8) is 0 Å². The third-order valence-electron chi connectivity index (χ3n) is 19.1. The summed E-state index contributed by atoms with van der Waals surface area (Å²) in [5.41, 5.74) is 19.2. The van der Waals surface area contributed by atoms with E-state index >= 15 is 0 Å². The monoisotopic (exact) mass is 1450 g/mol. The highest BCUT2D eigenvalue weighted by Crippen LogP contribution is 2.38. The van der Waals surface area contributed by atoms with Crippen molar-refractivity contribution in [3.8, 4) is 0 Å². The molecule has 5 aromatic heterocycles. The van der Waals surface area contributed by atoms with Gasteiger partial charge in [-0.25, -0.2) is 44.6 Å². The lowest BCUT2D eigenvalue weighted by Gasteiger charge is -2.32. The van der Waals surface area contributed by atoms with E-state index in [9.17, 15) is 25.4 Å². The number of halogens is 2. The molecule has 0 aliphatic carbocycles. The lowest BCUT2D eigenvalue weighted by molar-refractivity contribution is 0.335. The molecule has 17 nitrogen and oxygen atoms in total. The Bertz CT molecular complexity index is 5380. The fourth-order valence-electron chi connectivity index (χ4n) is 13.9. The number of nitrogens with zero attached hydrogens (tertiary/aromatic N) is 5. The Hall–Kier alpha value is -7.20. The molecule has 5 aliphatic rings. The van der Waals surface area contributed by atoms with Crippen LogP contribution in [-0.4, -0.2) is 181 Å². The van der Waals surface area contributed by atoms with Crippen LogP contribution >= 0.6 is 11.6 Å². The van der Waals surface area contributed by atoms with Gasteiger partial charge < -0.3 is 24.9 Å². The summed E-state index contributed by atoms with van der Waals surface area (Å²) in [4.78, 5) is 16.6. The molecule has 526 valence electrons. The zero-order valence-electron chi connectivity index (χ0n) is 57.1. The molecular formula is C75H92ClFN12O5S5. The highest BCUT2D eigenvalue weighted by atomic mass is 35.5. The van der Waals surface area contributed by atoms with E-state index < -0.39 is 48.9 Å². The quantitative estimate of drug-likeness (QED) is 0.0661. The van der Waals surface area contributed by atoms with E-state index in [1.807, 2.05) is 74.0 Å². The lowest BCUT2D eigenvalue weighted by atomic mass is 9.88. The van der Waals surface area contributed by atoms with E-state index in [2.05, 4.69) is 141 Å². The van der Waals surface area contributed by atoms with E-state index in [4.69, 9.17) is 21.9 Å². The summed E-state index contributed by atoms with van der Waals surface area (Å²) in [6.07, 6.45) is 25.0. The Balaban J connectivity index is 0.000000125. The second-order valence-corrected chi connectivity index (χ2v) is 37.9. The van der Waals surface area contributed by atoms with Crippen LogP contribution in [0.15, 0.2) is 152 Å². The number of nitrogens with one attached hydrogen (secondary N) is 5. The Labute approximate surface area is 589 Å². The summed E-state index contributed by atoms with van der Waals surface area (Å²) in [5, 5.41) is 17.8. The smallest absolute Gasteiger partial charge is 0.125 e. The minimum Gasteiger partial charge on any atom is -0.361 e. The van der Waals surface area contributed by atoms with E-state index in [1.54, 1.807) is 33.4 Å². The molecule has 1 fully saturated rings. The number of piperidine rings is 1. The second-order valence-electron chi connectivity index (χ2n) is 26.3. The minimum absolute atomic E-state index is 0.255. The summed E-state index contributed by atoms with van der Waals surface area (Å²) in [6.45, 7) is 11.4. The molecule has 5 unspecified atom stereocenters. The lowest BCUT2D eigenvalue weighted by Crippen LogP contribution is -2.39. The number of nitrogens with two attached hydrogens (primary N) is 2. The van der Waals surface area contributed by atoms with E-state index in [0.717, 1.165) is 108 Å². The molecule has 9 N–H and O–H groups in total. The zero-order valence-corrected chi connectivity index (χ0v) is 61.9. The number of benzene rings is 5. The molecule has 5 aliphatic heterocycles. The van der Waals surface area contributed by atoms with Gasteiger partial charge in [-0.15, -0.1) is 0 Å². The van der Waals surface area contributed by atoms with Gasteiger partial charge in [-0.05, 0) is 170 Å². The van der Waals surface area contributed by atoms with Crippen LogP contribution in [0.25, 0.3) is 76.8 Å². The maximum absolute atomic E-state index is 13.2.